The quantitative estimate of drug-likeness (QED) is 0.258. The lowest BCUT2D eigenvalue weighted by Crippen LogP contribution is -2.28. The molecule has 0 atom stereocenters. The first-order valence-electron chi connectivity index (χ1n) is 11.1. The second-order valence-electron chi connectivity index (χ2n) is 7.69. The third kappa shape index (κ3) is 6.06. The lowest BCUT2D eigenvalue weighted by atomic mass is 10.1. The molecular formula is C27H24BrClN2O4S. The van der Waals surface area contributed by atoms with Crippen molar-refractivity contribution in [2.75, 3.05) is 20.8 Å². The van der Waals surface area contributed by atoms with Crippen molar-refractivity contribution in [3.8, 4) is 17.2 Å². The third-order valence-corrected chi connectivity index (χ3v) is 7.32. The summed E-state index contributed by atoms with van der Waals surface area (Å²) in [4.78, 5) is 20.0. The number of aliphatic imine (C=N–C) groups is 1. The number of amides is 1. The fraction of sp³-hybridized carbons (Fsp3) is 0.185. The second kappa shape index (κ2) is 11.9. The Morgan fingerprint density at radius 3 is 2.39 bits per heavy atom. The van der Waals surface area contributed by atoms with E-state index in [9.17, 15) is 4.79 Å². The van der Waals surface area contributed by atoms with E-state index in [1.165, 1.54) is 11.8 Å². The van der Waals surface area contributed by atoms with Gasteiger partial charge in [-0.3, -0.25) is 9.69 Å². The van der Waals surface area contributed by atoms with Crippen molar-refractivity contribution in [2.24, 2.45) is 4.99 Å². The molecule has 1 fully saturated rings. The molecule has 4 rings (SSSR count). The topological polar surface area (TPSA) is 60.4 Å². The number of rotatable bonds is 8. The summed E-state index contributed by atoms with van der Waals surface area (Å²) in [5.41, 5.74) is 2.53. The number of nitrogens with zero attached hydrogens (tertiary/aromatic N) is 2. The van der Waals surface area contributed by atoms with Gasteiger partial charge in [0.15, 0.2) is 16.7 Å². The Balaban J connectivity index is 1.57. The zero-order valence-corrected chi connectivity index (χ0v) is 23.1. The summed E-state index contributed by atoms with van der Waals surface area (Å²) in [6.07, 6.45) is 1.84. The molecule has 1 aliphatic rings. The van der Waals surface area contributed by atoms with E-state index in [-0.39, 0.29) is 5.91 Å². The Labute approximate surface area is 228 Å². The van der Waals surface area contributed by atoms with E-state index in [0.29, 0.717) is 39.7 Å². The minimum atomic E-state index is -0.0938. The van der Waals surface area contributed by atoms with Crippen molar-refractivity contribution in [1.29, 1.82) is 0 Å². The number of thioether (sulfide) groups is 1. The number of carbonyl (C=O) groups is 1. The van der Waals surface area contributed by atoms with Crippen LogP contribution in [0.2, 0.25) is 5.02 Å². The number of hydrogen-bond donors (Lipinski definition) is 0. The fourth-order valence-electron chi connectivity index (χ4n) is 3.45. The molecule has 3 aromatic rings. The zero-order chi connectivity index (χ0) is 25.7. The third-order valence-electron chi connectivity index (χ3n) is 5.38. The highest BCUT2D eigenvalue weighted by Crippen LogP contribution is 2.39. The summed E-state index contributed by atoms with van der Waals surface area (Å²) in [5, 5.41) is 1.31. The first-order chi connectivity index (χ1) is 17.4. The lowest BCUT2D eigenvalue weighted by Gasteiger charge is -2.13. The second-order valence-corrected chi connectivity index (χ2v) is 9.99. The normalized spacial score (nSPS) is 15.6. The summed E-state index contributed by atoms with van der Waals surface area (Å²) in [6, 6.07) is 18.6. The predicted molar refractivity (Wildman–Crippen MR) is 150 cm³/mol. The van der Waals surface area contributed by atoms with Crippen LogP contribution in [0.4, 0.5) is 5.69 Å². The van der Waals surface area contributed by atoms with Crippen LogP contribution < -0.4 is 14.2 Å². The van der Waals surface area contributed by atoms with Gasteiger partial charge in [-0.15, -0.1) is 0 Å². The molecule has 9 heteroatoms. The van der Waals surface area contributed by atoms with Gasteiger partial charge in [-0.05, 0) is 84.4 Å². The van der Waals surface area contributed by atoms with Gasteiger partial charge in [0.2, 0.25) is 0 Å². The molecule has 1 saturated heterocycles. The molecule has 36 heavy (non-hydrogen) atoms. The number of amidine groups is 1. The summed E-state index contributed by atoms with van der Waals surface area (Å²) < 4.78 is 17.5. The summed E-state index contributed by atoms with van der Waals surface area (Å²) in [6.45, 7) is 2.81. The van der Waals surface area contributed by atoms with Crippen LogP contribution in [0.3, 0.4) is 0 Å². The fourth-order valence-corrected chi connectivity index (χ4v) is 5.07. The highest BCUT2D eigenvalue weighted by atomic mass is 79.9. The van der Waals surface area contributed by atoms with Crippen LogP contribution in [0.5, 0.6) is 17.2 Å². The molecule has 0 aliphatic carbocycles. The van der Waals surface area contributed by atoms with Gasteiger partial charge in [-0.1, -0.05) is 39.7 Å². The smallest absolute Gasteiger partial charge is 0.266 e. The minimum absolute atomic E-state index is 0.0938. The molecule has 3 aromatic carbocycles. The Morgan fingerprint density at radius 1 is 1.03 bits per heavy atom. The number of hydrogen-bond acceptors (Lipinski definition) is 6. The zero-order valence-electron chi connectivity index (χ0n) is 20.0. The molecule has 1 heterocycles. The molecule has 1 amide bonds. The first kappa shape index (κ1) is 26.1. The van der Waals surface area contributed by atoms with Gasteiger partial charge in [0, 0.05) is 16.0 Å². The molecule has 0 saturated carbocycles. The standard InChI is InChI=1S/C27H24BrClN2O4S/c1-4-31-26(32)25(36-27(31)30-20-9-11-21(33-2)12-10-20)14-18-13-23(34-3)24(15-22(18)28)35-16-17-5-7-19(29)8-6-17/h5-15H,4,16H2,1-3H3/b25-14+,30-27?. The minimum Gasteiger partial charge on any atom is -0.497 e. The Kier molecular flexibility index (Phi) is 8.61. The molecular weight excluding hydrogens is 564 g/mol. The average Bonchev–Trinajstić information content (AvgIpc) is 3.18. The van der Waals surface area contributed by atoms with Crippen molar-refractivity contribution in [3.63, 3.8) is 0 Å². The predicted octanol–water partition coefficient (Wildman–Crippen LogP) is 7.32. The lowest BCUT2D eigenvalue weighted by molar-refractivity contribution is -0.122. The molecule has 0 N–H and O–H groups in total. The molecule has 0 unspecified atom stereocenters. The maximum absolute atomic E-state index is 13.1. The van der Waals surface area contributed by atoms with Crippen LogP contribution in [0.15, 0.2) is 75.0 Å². The van der Waals surface area contributed by atoms with Crippen LogP contribution in [0, 0.1) is 0 Å². The number of halogens is 2. The van der Waals surface area contributed by atoms with Crippen molar-refractivity contribution in [3.05, 3.63) is 86.2 Å². The average molecular weight is 588 g/mol. The molecule has 186 valence electrons. The monoisotopic (exact) mass is 586 g/mol. The van der Waals surface area contributed by atoms with Gasteiger partial charge in [0.1, 0.15) is 12.4 Å². The summed E-state index contributed by atoms with van der Waals surface area (Å²) >= 11 is 10.9. The Hall–Kier alpha value is -2.94. The van der Waals surface area contributed by atoms with Crippen LogP contribution in [-0.4, -0.2) is 36.7 Å². The largest absolute Gasteiger partial charge is 0.497 e. The van der Waals surface area contributed by atoms with Gasteiger partial charge >= 0.3 is 0 Å². The Bertz CT molecular complexity index is 1310. The number of methoxy groups -OCH3 is 2. The number of likely N-dealkylation sites (N-methyl/N-ethyl adjacent to an activating group) is 1. The molecule has 1 aliphatic heterocycles. The number of ether oxygens (including phenoxy) is 3. The highest BCUT2D eigenvalue weighted by molar-refractivity contribution is 9.10. The van der Waals surface area contributed by atoms with E-state index in [0.717, 1.165) is 27.0 Å². The van der Waals surface area contributed by atoms with Gasteiger partial charge < -0.3 is 14.2 Å². The van der Waals surface area contributed by atoms with Crippen molar-refractivity contribution < 1.29 is 19.0 Å². The maximum Gasteiger partial charge on any atom is 0.266 e. The molecule has 0 bridgehead atoms. The summed E-state index contributed by atoms with van der Waals surface area (Å²) in [7, 11) is 3.21. The molecule has 6 nitrogen and oxygen atoms in total. The van der Waals surface area contributed by atoms with Gasteiger partial charge in [-0.2, -0.15) is 0 Å². The van der Waals surface area contributed by atoms with Gasteiger partial charge in [0.25, 0.3) is 5.91 Å². The van der Waals surface area contributed by atoms with Crippen molar-refractivity contribution >= 4 is 62.1 Å². The van der Waals surface area contributed by atoms with Crippen molar-refractivity contribution in [1.82, 2.24) is 4.90 Å². The maximum atomic E-state index is 13.1. The highest BCUT2D eigenvalue weighted by Gasteiger charge is 2.32. The van der Waals surface area contributed by atoms with E-state index in [2.05, 4.69) is 20.9 Å². The van der Waals surface area contributed by atoms with Gasteiger partial charge in [-0.25, -0.2) is 4.99 Å². The van der Waals surface area contributed by atoms with Crippen LogP contribution in [0.25, 0.3) is 6.08 Å². The molecule has 0 aromatic heterocycles. The van der Waals surface area contributed by atoms with E-state index in [1.54, 1.807) is 19.1 Å². The van der Waals surface area contributed by atoms with Crippen LogP contribution in [-0.2, 0) is 11.4 Å². The van der Waals surface area contributed by atoms with Crippen LogP contribution in [0.1, 0.15) is 18.1 Å². The Morgan fingerprint density at radius 2 is 1.75 bits per heavy atom. The SMILES string of the molecule is CCN1C(=O)/C(=C\c2cc(OC)c(OCc3ccc(Cl)cc3)cc2Br)SC1=Nc1ccc(OC)cc1. The van der Waals surface area contributed by atoms with E-state index in [1.807, 2.05) is 73.7 Å². The summed E-state index contributed by atoms with van der Waals surface area (Å²) in [5.74, 6) is 1.81. The van der Waals surface area contributed by atoms with Crippen molar-refractivity contribution in [2.45, 2.75) is 13.5 Å². The first-order valence-corrected chi connectivity index (χ1v) is 13.1. The number of benzene rings is 3. The van der Waals surface area contributed by atoms with E-state index >= 15 is 0 Å². The molecule has 0 spiro atoms. The van der Waals surface area contributed by atoms with Crippen LogP contribution >= 0.6 is 39.3 Å². The van der Waals surface area contributed by atoms with Gasteiger partial charge in [0.05, 0.1) is 24.8 Å². The molecule has 0 radical (unpaired) electrons. The van der Waals surface area contributed by atoms with E-state index < -0.39 is 0 Å². The number of carbonyl (C=O) groups excluding carboxylic acids is 1. The van der Waals surface area contributed by atoms with E-state index in [4.69, 9.17) is 25.8 Å².